The van der Waals surface area contributed by atoms with Crippen LogP contribution in [0.1, 0.15) is 39.6 Å². The summed E-state index contributed by atoms with van der Waals surface area (Å²) in [4.78, 5) is 55.8. The average Bonchev–Trinajstić information content (AvgIpc) is 3.29. The van der Waals surface area contributed by atoms with Crippen molar-refractivity contribution in [2.75, 3.05) is 33.0 Å². The van der Waals surface area contributed by atoms with E-state index in [1.807, 2.05) is 7.05 Å². The minimum atomic E-state index is -0.556. The smallest absolute Gasteiger partial charge is 0.284 e. The van der Waals surface area contributed by atoms with Crippen LogP contribution in [0.4, 0.5) is 5.82 Å². The van der Waals surface area contributed by atoms with Gasteiger partial charge in [0.15, 0.2) is 15.8 Å². The first-order valence-corrected chi connectivity index (χ1v) is 13.5. The summed E-state index contributed by atoms with van der Waals surface area (Å²) in [5.74, 6) is -0.874. The SMILES string of the molecule is CN1CCc2nc(C(=O)N[C@@H]3C[C@@H](C(=O)N(C)C)CC[C@@H]3NC(=S)C(=O)Nc3cnc(Cl)cn3)sc2C1. The van der Waals surface area contributed by atoms with Crippen molar-refractivity contribution in [2.24, 2.45) is 5.92 Å². The van der Waals surface area contributed by atoms with Gasteiger partial charge in [-0.05, 0) is 26.3 Å². The van der Waals surface area contributed by atoms with Crippen LogP contribution < -0.4 is 16.0 Å². The van der Waals surface area contributed by atoms with Crippen LogP contribution in [0.2, 0.25) is 5.15 Å². The van der Waals surface area contributed by atoms with Crippen molar-refractivity contribution in [3.63, 3.8) is 0 Å². The van der Waals surface area contributed by atoms with E-state index >= 15 is 0 Å². The third-order valence-electron chi connectivity index (χ3n) is 6.46. The summed E-state index contributed by atoms with van der Waals surface area (Å²) >= 11 is 12.5. The summed E-state index contributed by atoms with van der Waals surface area (Å²) in [6, 6.07) is -0.773. The Morgan fingerprint density at radius 3 is 2.65 bits per heavy atom. The first-order chi connectivity index (χ1) is 17.6. The standard InChI is InChI=1S/C23H29ClN8O3S2/c1-31(2)23(35)12-4-5-13(28-21(36)19(33)30-18-10-25-17(24)9-26-18)15(8-12)27-20(34)22-29-14-6-7-32(3)11-16(14)37-22/h9-10,12-13,15H,4-8,11H2,1-3H3,(H,27,34)(H,28,36)(H,26,30,33)/t12-,13-,15+/m0/s1. The van der Waals surface area contributed by atoms with Crippen molar-refractivity contribution >= 4 is 63.7 Å². The number of hydrogen-bond donors (Lipinski definition) is 3. The van der Waals surface area contributed by atoms with Gasteiger partial charge in [0.1, 0.15) is 5.15 Å². The van der Waals surface area contributed by atoms with Crippen LogP contribution in [0, 0.1) is 5.92 Å². The molecule has 1 fully saturated rings. The maximum absolute atomic E-state index is 13.2. The first-order valence-electron chi connectivity index (χ1n) is 11.9. The normalized spacial score (nSPS) is 21.5. The van der Waals surface area contributed by atoms with E-state index in [4.69, 9.17) is 23.8 Å². The molecule has 2 aromatic heterocycles. The fourth-order valence-corrected chi connectivity index (χ4v) is 5.92. The molecular weight excluding hydrogens is 536 g/mol. The highest BCUT2D eigenvalue weighted by Gasteiger charge is 2.37. The Hall–Kier alpha value is -2.74. The Kier molecular flexibility index (Phi) is 8.67. The molecule has 0 bridgehead atoms. The second kappa shape index (κ2) is 11.8. The lowest BCUT2D eigenvalue weighted by Crippen LogP contribution is -2.56. The van der Waals surface area contributed by atoms with Crippen LogP contribution in [0.5, 0.6) is 0 Å². The van der Waals surface area contributed by atoms with Crippen molar-refractivity contribution in [3.05, 3.63) is 33.1 Å². The van der Waals surface area contributed by atoms with Gasteiger partial charge in [0.25, 0.3) is 11.8 Å². The van der Waals surface area contributed by atoms with Gasteiger partial charge < -0.3 is 25.8 Å². The number of thiocarbonyl (C=S) groups is 1. The number of nitrogens with one attached hydrogen (secondary N) is 3. The molecule has 3 atom stereocenters. The van der Waals surface area contributed by atoms with E-state index in [0.717, 1.165) is 30.1 Å². The molecule has 3 amide bonds. The summed E-state index contributed by atoms with van der Waals surface area (Å²) < 4.78 is 0. The Labute approximate surface area is 229 Å². The van der Waals surface area contributed by atoms with Crippen molar-refractivity contribution in [1.82, 2.24) is 35.4 Å². The number of aromatic nitrogens is 3. The summed E-state index contributed by atoms with van der Waals surface area (Å²) in [6.07, 6.45) is 5.02. The zero-order valence-corrected chi connectivity index (χ0v) is 23.2. The molecule has 0 aromatic carbocycles. The Morgan fingerprint density at radius 1 is 1.16 bits per heavy atom. The van der Waals surface area contributed by atoms with Gasteiger partial charge in [-0.1, -0.05) is 23.8 Å². The van der Waals surface area contributed by atoms with Gasteiger partial charge >= 0.3 is 0 Å². The van der Waals surface area contributed by atoms with Gasteiger partial charge in [-0.15, -0.1) is 11.3 Å². The van der Waals surface area contributed by atoms with E-state index in [1.165, 1.54) is 23.7 Å². The third kappa shape index (κ3) is 6.78. The molecule has 1 aliphatic heterocycles. The van der Waals surface area contributed by atoms with Gasteiger partial charge in [0.2, 0.25) is 5.91 Å². The van der Waals surface area contributed by atoms with Crippen LogP contribution in [-0.2, 0) is 22.6 Å². The van der Waals surface area contributed by atoms with Crippen molar-refractivity contribution in [3.8, 4) is 0 Å². The molecule has 0 spiro atoms. The molecule has 1 saturated carbocycles. The fourth-order valence-electron chi connectivity index (χ4n) is 4.53. The largest absolute Gasteiger partial charge is 0.367 e. The van der Waals surface area contributed by atoms with E-state index in [2.05, 4.69) is 35.8 Å². The molecule has 4 rings (SSSR count). The second-order valence-electron chi connectivity index (χ2n) is 9.46. The lowest BCUT2D eigenvalue weighted by molar-refractivity contribution is -0.134. The van der Waals surface area contributed by atoms with E-state index in [1.54, 1.807) is 19.0 Å². The molecule has 14 heteroatoms. The number of anilines is 1. The van der Waals surface area contributed by atoms with Gasteiger partial charge in [0, 0.05) is 50.4 Å². The minimum absolute atomic E-state index is 0.00656. The molecule has 3 N–H and O–H groups in total. The quantitative estimate of drug-likeness (QED) is 0.462. The highest BCUT2D eigenvalue weighted by atomic mass is 35.5. The maximum Gasteiger partial charge on any atom is 0.284 e. The fraction of sp³-hybridized carbons (Fsp3) is 0.522. The molecule has 2 aromatic rings. The molecular formula is C23H29ClN8O3S2. The lowest BCUT2D eigenvalue weighted by Gasteiger charge is -2.37. The van der Waals surface area contributed by atoms with Crippen LogP contribution in [0.15, 0.2) is 12.4 Å². The number of nitrogens with zero attached hydrogens (tertiary/aromatic N) is 5. The Bertz CT molecular complexity index is 1190. The summed E-state index contributed by atoms with van der Waals surface area (Å²) in [5, 5.41) is 9.33. The molecule has 11 nitrogen and oxygen atoms in total. The summed E-state index contributed by atoms with van der Waals surface area (Å²) in [5.41, 5.74) is 0.968. The molecule has 37 heavy (non-hydrogen) atoms. The summed E-state index contributed by atoms with van der Waals surface area (Å²) in [6.45, 7) is 1.68. The summed E-state index contributed by atoms with van der Waals surface area (Å²) in [7, 11) is 5.48. The average molecular weight is 565 g/mol. The molecule has 2 aliphatic rings. The first kappa shape index (κ1) is 27.3. The van der Waals surface area contributed by atoms with Crippen molar-refractivity contribution < 1.29 is 14.4 Å². The number of thiazole rings is 1. The van der Waals surface area contributed by atoms with E-state index in [9.17, 15) is 14.4 Å². The number of halogens is 1. The Balaban J connectivity index is 1.45. The highest BCUT2D eigenvalue weighted by molar-refractivity contribution is 7.82. The predicted octanol–water partition coefficient (Wildman–Crippen LogP) is 1.49. The maximum atomic E-state index is 13.2. The van der Waals surface area contributed by atoms with Crippen LogP contribution >= 0.6 is 35.2 Å². The van der Waals surface area contributed by atoms with Gasteiger partial charge in [-0.25, -0.2) is 15.0 Å². The molecule has 198 valence electrons. The van der Waals surface area contributed by atoms with Crippen molar-refractivity contribution in [2.45, 2.75) is 44.3 Å². The van der Waals surface area contributed by atoms with E-state index in [-0.39, 0.29) is 39.7 Å². The highest BCUT2D eigenvalue weighted by Crippen LogP contribution is 2.28. The third-order valence-corrected chi connectivity index (χ3v) is 8.04. The monoisotopic (exact) mass is 564 g/mol. The topological polar surface area (TPSA) is 132 Å². The van der Waals surface area contributed by atoms with Crippen LogP contribution in [0.25, 0.3) is 0 Å². The lowest BCUT2D eigenvalue weighted by atomic mass is 9.81. The van der Waals surface area contributed by atoms with Gasteiger partial charge in [-0.2, -0.15) is 0 Å². The minimum Gasteiger partial charge on any atom is -0.367 e. The predicted molar refractivity (Wildman–Crippen MR) is 145 cm³/mol. The molecule has 1 aliphatic carbocycles. The number of fused-ring (bicyclic) bond motifs is 1. The number of carbonyl (C=O) groups is 3. The number of amides is 3. The van der Waals surface area contributed by atoms with E-state index in [0.29, 0.717) is 24.3 Å². The Morgan fingerprint density at radius 2 is 1.95 bits per heavy atom. The molecule has 0 saturated heterocycles. The van der Waals surface area contributed by atoms with Crippen molar-refractivity contribution in [1.29, 1.82) is 0 Å². The molecule has 3 heterocycles. The van der Waals surface area contributed by atoms with Crippen LogP contribution in [-0.4, -0.2) is 87.2 Å². The zero-order valence-electron chi connectivity index (χ0n) is 20.8. The number of carbonyl (C=O) groups excluding carboxylic acids is 3. The molecule has 0 unspecified atom stereocenters. The van der Waals surface area contributed by atoms with Gasteiger partial charge in [-0.3, -0.25) is 14.4 Å². The number of rotatable bonds is 5. The number of likely N-dealkylation sites (N-methyl/N-ethyl adjacent to an activating group) is 1. The molecule has 0 radical (unpaired) electrons. The van der Waals surface area contributed by atoms with Gasteiger partial charge in [0.05, 0.1) is 24.1 Å². The second-order valence-corrected chi connectivity index (χ2v) is 11.3. The number of hydrogen-bond acceptors (Lipinski definition) is 9. The van der Waals surface area contributed by atoms with E-state index < -0.39 is 11.9 Å². The zero-order chi connectivity index (χ0) is 26.7. The van der Waals surface area contributed by atoms with Crippen LogP contribution in [0.3, 0.4) is 0 Å².